The first-order chi connectivity index (χ1) is 9.36. The topological polar surface area (TPSA) is 28.2 Å². The van der Waals surface area contributed by atoms with Crippen molar-refractivity contribution in [3.8, 4) is 0 Å². The van der Waals surface area contributed by atoms with Crippen molar-refractivity contribution < 1.29 is 0 Å². The van der Waals surface area contributed by atoms with E-state index in [2.05, 4.69) is 39.3 Å². The molecule has 0 amide bonds. The molecular formula is C15H19N3S. The number of nitrogens with one attached hydrogen (secondary N) is 1. The standard InChI is InChI=1S/C15H19N3S/c1-2-8-18-9-4-12(5-10-18)17-14-3-7-16-13-6-11-19-15(13)14/h2-3,6-7,11-12H,1,4-5,8-10H2,(H,16,17). The van der Waals surface area contributed by atoms with Gasteiger partial charge in [0.25, 0.3) is 0 Å². The second-order valence-corrected chi connectivity index (χ2v) is 5.92. The van der Waals surface area contributed by atoms with E-state index in [9.17, 15) is 0 Å². The van der Waals surface area contributed by atoms with Crippen LogP contribution in [-0.2, 0) is 0 Å². The molecule has 1 fully saturated rings. The number of pyridine rings is 1. The molecule has 1 N–H and O–H groups in total. The maximum atomic E-state index is 4.38. The number of likely N-dealkylation sites (tertiary alicyclic amines) is 1. The van der Waals surface area contributed by atoms with Crippen LogP contribution in [-0.4, -0.2) is 35.6 Å². The van der Waals surface area contributed by atoms with E-state index in [4.69, 9.17) is 0 Å². The lowest BCUT2D eigenvalue weighted by Crippen LogP contribution is -2.39. The molecule has 3 rings (SSSR count). The van der Waals surface area contributed by atoms with Crippen molar-refractivity contribution in [1.29, 1.82) is 0 Å². The number of nitrogens with zero attached hydrogens (tertiary/aromatic N) is 2. The highest BCUT2D eigenvalue weighted by Crippen LogP contribution is 2.28. The summed E-state index contributed by atoms with van der Waals surface area (Å²) in [5.41, 5.74) is 2.33. The van der Waals surface area contributed by atoms with Gasteiger partial charge in [-0.1, -0.05) is 6.08 Å². The van der Waals surface area contributed by atoms with Gasteiger partial charge in [-0.2, -0.15) is 0 Å². The van der Waals surface area contributed by atoms with Crippen LogP contribution in [0.15, 0.2) is 36.4 Å². The fourth-order valence-corrected chi connectivity index (χ4v) is 3.48. The number of aromatic nitrogens is 1. The minimum absolute atomic E-state index is 0.578. The van der Waals surface area contributed by atoms with Crippen molar-refractivity contribution in [1.82, 2.24) is 9.88 Å². The molecule has 4 heteroatoms. The zero-order valence-corrected chi connectivity index (χ0v) is 11.8. The van der Waals surface area contributed by atoms with Gasteiger partial charge in [0.05, 0.1) is 15.9 Å². The number of thiophene rings is 1. The summed E-state index contributed by atoms with van der Waals surface area (Å²) >= 11 is 1.76. The number of hydrogen-bond donors (Lipinski definition) is 1. The summed E-state index contributed by atoms with van der Waals surface area (Å²) in [6.45, 7) is 7.13. The van der Waals surface area contributed by atoms with Crippen molar-refractivity contribution in [2.45, 2.75) is 18.9 Å². The van der Waals surface area contributed by atoms with E-state index in [0.29, 0.717) is 6.04 Å². The van der Waals surface area contributed by atoms with Crippen LogP contribution < -0.4 is 5.32 Å². The first kappa shape index (κ1) is 12.6. The quantitative estimate of drug-likeness (QED) is 0.866. The number of rotatable bonds is 4. The molecule has 0 atom stereocenters. The van der Waals surface area contributed by atoms with E-state index in [-0.39, 0.29) is 0 Å². The van der Waals surface area contributed by atoms with Crippen LogP contribution in [0.2, 0.25) is 0 Å². The van der Waals surface area contributed by atoms with Gasteiger partial charge in [-0.3, -0.25) is 9.88 Å². The third-order valence-electron chi connectivity index (χ3n) is 3.68. The zero-order chi connectivity index (χ0) is 13.1. The van der Waals surface area contributed by atoms with Crippen LogP contribution in [0.5, 0.6) is 0 Å². The molecule has 19 heavy (non-hydrogen) atoms. The van der Waals surface area contributed by atoms with Crippen LogP contribution >= 0.6 is 11.3 Å². The highest BCUT2D eigenvalue weighted by atomic mass is 32.1. The predicted molar refractivity (Wildman–Crippen MR) is 82.9 cm³/mol. The Labute approximate surface area is 118 Å². The third kappa shape index (κ3) is 2.80. The monoisotopic (exact) mass is 273 g/mol. The van der Waals surface area contributed by atoms with Crippen LogP contribution in [0.25, 0.3) is 10.2 Å². The van der Waals surface area contributed by atoms with Gasteiger partial charge in [0, 0.05) is 31.9 Å². The molecule has 2 aromatic rings. The van der Waals surface area contributed by atoms with Crippen LogP contribution in [0.1, 0.15) is 12.8 Å². The Kier molecular flexibility index (Phi) is 3.80. The van der Waals surface area contributed by atoms with Gasteiger partial charge in [-0.25, -0.2) is 0 Å². The second kappa shape index (κ2) is 5.72. The molecule has 1 aliphatic rings. The Morgan fingerprint density at radius 3 is 3.05 bits per heavy atom. The lowest BCUT2D eigenvalue weighted by atomic mass is 10.0. The van der Waals surface area contributed by atoms with E-state index in [1.54, 1.807) is 11.3 Å². The van der Waals surface area contributed by atoms with Crippen molar-refractivity contribution in [2.24, 2.45) is 0 Å². The molecule has 1 saturated heterocycles. The zero-order valence-electron chi connectivity index (χ0n) is 11.0. The first-order valence-corrected chi connectivity index (χ1v) is 7.67. The molecule has 0 aliphatic carbocycles. The number of piperidine rings is 1. The van der Waals surface area contributed by atoms with Gasteiger partial charge in [0.15, 0.2) is 0 Å². The van der Waals surface area contributed by atoms with Gasteiger partial charge in [-0.15, -0.1) is 17.9 Å². The van der Waals surface area contributed by atoms with Gasteiger partial charge < -0.3 is 5.32 Å². The number of fused-ring (bicyclic) bond motifs is 1. The second-order valence-electron chi connectivity index (χ2n) is 5.00. The average Bonchev–Trinajstić information content (AvgIpc) is 2.91. The van der Waals surface area contributed by atoms with E-state index >= 15 is 0 Å². The SMILES string of the molecule is C=CCN1CCC(Nc2ccnc3ccsc23)CC1. The summed E-state index contributed by atoms with van der Waals surface area (Å²) < 4.78 is 1.27. The molecule has 2 aromatic heterocycles. The summed E-state index contributed by atoms with van der Waals surface area (Å²) in [7, 11) is 0. The van der Waals surface area contributed by atoms with Gasteiger partial charge >= 0.3 is 0 Å². The van der Waals surface area contributed by atoms with Crippen LogP contribution in [0.4, 0.5) is 5.69 Å². The fourth-order valence-electron chi connectivity index (χ4n) is 2.65. The highest BCUT2D eigenvalue weighted by molar-refractivity contribution is 7.17. The third-order valence-corrected chi connectivity index (χ3v) is 4.62. The summed E-state index contributed by atoms with van der Waals surface area (Å²) in [6.07, 6.45) is 6.28. The van der Waals surface area contributed by atoms with Crippen LogP contribution in [0, 0.1) is 0 Å². The molecule has 0 radical (unpaired) electrons. The lowest BCUT2D eigenvalue weighted by Gasteiger charge is -2.32. The highest BCUT2D eigenvalue weighted by Gasteiger charge is 2.18. The number of anilines is 1. The fraction of sp³-hybridized carbons (Fsp3) is 0.400. The predicted octanol–water partition coefficient (Wildman–Crippen LogP) is 3.36. The van der Waals surface area contributed by atoms with Crippen LogP contribution in [0.3, 0.4) is 0 Å². The van der Waals surface area contributed by atoms with Gasteiger partial charge in [0.2, 0.25) is 0 Å². The molecule has 0 unspecified atom stereocenters. The van der Waals surface area contributed by atoms with Crippen molar-refractivity contribution in [3.63, 3.8) is 0 Å². The minimum atomic E-state index is 0.578. The maximum Gasteiger partial charge on any atom is 0.0830 e. The average molecular weight is 273 g/mol. The van der Waals surface area contributed by atoms with Crippen molar-refractivity contribution in [2.75, 3.05) is 25.0 Å². The minimum Gasteiger partial charge on any atom is -0.381 e. The van der Waals surface area contributed by atoms with E-state index < -0.39 is 0 Å². The Balaban J connectivity index is 1.66. The summed E-state index contributed by atoms with van der Waals surface area (Å²) in [5, 5.41) is 5.80. The summed E-state index contributed by atoms with van der Waals surface area (Å²) in [4.78, 5) is 6.84. The van der Waals surface area contributed by atoms with Gasteiger partial charge in [-0.05, 0) is 30.4 Å². The maximum absolute atomic E-state index is 4.38. The molecule has 0 spiro atoms. The van der Waals surface area contributed by atoms with E-state index in [0.717, 1.165) is 25.2 Å². The van der Waals surface area contributed by atoms with E-state index in [1.807, 2.05) is 12.3 Å². The van der Waals surface area contributed by atoms with Gasteiger partial charge in [0.1, 0.15) is 0 Å². The molecule has 100 valence electrons. The molecule has 3 heterocycles. The van der Waals surface area contributed by atoms with Crippen molar-refractivity contribution >= 4 is 27.2 Å². The molecule has 0 saturated carbocycles. The van der Waals surface area contributed by atoms with Crippen molar-refractivity contribution in [3.05, 3.63) is 36.4 Å². The molecule has 0 aromatic carbocycles. The molecule has 3 nitrogen and oxygen atoms in total. The summed E-state index contributed by atoms with van der Waals surface area (Å²) in [6, 6.07) is 4.75. The normalized spacial score (nSPS) is 17.7. The Bertz CT molecular complexity index is 555. The number of hydrogen-bond acceptors (Lipinski definition) is 4. The smallest absolute Gasteiger partial charge is 0.0830 e. The summed E-state index contributed by atoms with van der Waals surface area (Å²) in [5.74, 6) is 0. The Morgan fingerprint density at radius 1 is 1.42 bits per heavy atom. The first-order valence-electron chi connectivity index (χ1n) is 6.79. The lowest BCUT2D eigenvalue weighted by molar-refractivity contribution is 0.240. The molecular weight excluding hydrogens is 254 g/mol. The molecule has 1 aliphatic heterocycles. The largest absolute Gasteiger partial charge is 0.381 e. The molecule has 0 bridgehead atoms. The van der Waals surface area contributed by atoms with E-state index in [1.165, 1.54) is 23.2 Å². The Morgan fingerprint density at radius 2 is 2.26 bits per heavy atom. The Hall–Kier alpha value is -1.39.